The number of methoxy groups -OCH3 is 1. The van der Waals surface area contributed by atoms with Crippen LogP contribution < -0.4 is 0 Å². The largest absolute Gasteiger partial charge is 0.414 e. The molecule has 0 radical (unpaired) electrons. The van der Waals surface area contributed by atoms with Crippen molar-refractivity contribution in [1.29, 1.82) is 0 Å². The molecule has 382 valence electrons. The number of rotatable bonds is 9. The van der Waals surface area contributed by atoms with E-state index in [9.17, 15) is 4.79 Å². The molecule has 67 heavy (non-hydrogen) atoms. The van der Waals surface area contributed by atoms with Crippen LogP contribution in [-0.2, 0) is 54.6 Å². The van der Waals surface area contributed by atoms with Gasteiger partial charge in [0, 0.05) is 51.6 Å². The van der Waals surface area contributed by atoms with Gasteiger partial charge in [0.25, 0.3) is 0 Å². The van der Waals surface area contributed by atoms with Gasteiger partial charge in [-0.2, -0.15) is 0 Å². The zero-order valence-corrected chi connectivity index (χ0v) is 47.3. The van der Waals surface area contributed by atoms with E-state index < -0.39 is 28.5 Å². The Morgan fingerprint density at radius 2 is 1.40 bits per heavy atom. The normalized spacial score (nSPS) is 42.9. The van der Waals surface area contributed by atoms with Gasteiger partial charge in [-0.15, -0.1) is 0 Å². The number of carbonyl (C=O) groups excluding carboxylic acids is 1. The fourth-order valence-electron chi connectivity index (χ4n) is 12.0. The molecule has 15 heteroatoms. The molecule has 10 bridgehead atoms. The maximum absolute atomic E-state index is 14.7. The fourth-order valence-corrected chi connectivity index (χ4v) is 15.0. The van der Waals surface area contributed by atoms with Crippen molar-refractivity contribution in [2.45, 2.75) is 272 Å². The van der Waals surface area contributed by atoms with E-state index in [1.54, 1.807) is 7.11 Å². The number of ketones is 1. The van der Waals surface area contributed by atoms with Crippen LogP contribution >= 0.6 is 23.0 Å². The van der Waals surface area contributed by atoms with Crippen LogP contribution in [0, 0.1) is 11.8 Å². The lowest BCUT2D eigenvalue weighted by molar-refractivity contribution is -0.293. The van der Waals surface area contributed by atoms with Gasteiger partial charge in [-0.25, -0.2) is 0 Å². The average Bonchev–Trinajstić information content (AvgIpc) is 3.91. The Bertz CT molecular complexity index is 1770. The summed E-state index contributed by atoms with van der Waals surface area (Å²) in [6.07, 6.45) is 6.61. The third kappa shape index (κ3) is 11.5. The highest BCUT2D eigenvalue weighted by Gasteiger charge is 2.61. The minimum Gasteiger partial charge on any atom is -0.414 e. The lowest BCUT2D eigenvalue weighted by atomic mass is 9.81. The Kier molecular flexibility index (Phi) is 16.4. The van der Waals surface area contributed by atoms with Gasteiger partial charge in [0.2, 0.25) is 0 Å². The number of hydrogen-bond acceptors (Lipinski definition) is 12. The number of halogens is 1. The Hall–Kier alpha value is -0.126. The molecular formula is C52H87IO12Si2. The van der Waals surface area contributed by atoms with Gasteiger partial charge in [0.1, 0.15) is 53.2 Å². The van der Waals surface area contributed by atoms with E-state index in [4.69, 9.17) is 49.8 Å². The van der Waals surface area contributed by atoms with E-state index in [-0.39, 0.29) is 120 Å². The molecule has 8 aliphatic heterocycles. The zero-order chi connectivity index (χ0) is 48.4. The lowest BCUT2D eigenvalue weighted by Gasteiger charge is -2.49. The quantitative estimate of drug-likeness (QED) is 0.124. The first-order valence-electron chi connectivity index (χ1n) is 26.0. The van der Waals surface area contributed by atoms with E-state index in [1.807, 2.05) is 23.0 Å². The maximum atomic E-state index is 14.7. The fraction of sp³-hybridized carbons (Fsp3) is 0.904. The van der Waals surface area contributed by atoms with Crippen molar-refractivity contribution in [2.24, 2.45) is 11.8 Å². The lowest BCUT2D eigenvalue weighted by Crippen LogP contribution is -2.64. The molecule has 8 heterocycles. The predicted octanol–water partition coefficient (Wildman–Crippen LogP) is 10.9. The summed E-state index contributed by atoms with van der Waals surface area (Å²) in [5, 5.41) is 0.0575. The van der Waals surface area contributed by atoms with Crippen LogP contribution in [0.4, 0.5) is 0 Å². The molecule has 18 atom stereocenters. The molecule has 0 aromatic carbocycles. The van der Waals surface area contributed by atoms with Crippen molar-refractivity contribution >= 4 is 45.4 Å². The first kappa shape index (κ1) is 53.2. The Labute approximate surface area is 419 Å². The van der Waals surface area contributed by atoms with E-state index >= 15 is 0 Å². The van der Waals surface area contributed by atoms with Crippen molar-refractivity contribution in [2.75, 3.05) is 13.7 Å². The summed E-state index contributed by atoms with van der Waals surface area (Å²) >= 11 is 1.99. The monoisotopic (exact) mass is 1090 g/mol. The topological polar surface area (TPSA) is 119 Å². The highest BCUT2D eigenvalue weighted by atomic mass is 127. The number of fused-ring (bicyclic) bond motifs is 9. The van der Waals surface area contributed by atoms with Crippen LogP contribution in [0.3, 0.4) is 0 Å². The molecule has 0 N–H and O–H groups in total. The summed E-state index contributed by atoms with van der Waals surface area (Å²) in [5.41, 5.74) is 2.24. The smallest absolute Gasteiger partial charge is 0.192 e. The summed E-state index contributed by atoms with van der Waals surface area (Å²) in [7, 11) is -2.57. The van der Waals surface area contributed by atoms with Gasteiger partial charge in [-0.05, 0) is 105 Å². The highest BCUT2D eigenvalue weighted by Crippen LogP contribution is 2.51. The standard InChI is InChI=1S/C52H87IO12Si2/c1-30-23-34-15-17-39-31(2)24-36(57-39)19-21-52-22-20-41(62-52)47-49(64-53)48(63-52)46-40(61-47)18-16-35(59-46)25-33(54)26-38-43(28-42(58-34)32(30)3)60-44(45(38)55-10)27-37(65-67(13,14)51(7,8)9)29-56-66(11,12)50(4,5)6/h30,34-49H,2-3,15-29H2,1,4-14H3/t30-,34?,35-,36+,37+,38+,39?,40+,41+,42?,43+,44?,45-,46+,47+,48+,49-,52+/m1/s1. The Morgan fingerprint density at radius 1 is 0.716 bits per heavy atom. The predicted molar refractivity (Wildman–Crippen MR) is 271 cm³/mol. The second-order valence-electron chi connectivity index (χ2n) is 24.9. The summed E-state index contributed by atoms with van der Waals surface area (Å²) in [6, 6.07) is 0. The number of Topliss-reactive ketones (excluding diaryl/α,β-unsaturated/α-hetero) is 1. The maximum Gasteiger partial charge on any atom is 0.192 e. The van der Waals surface area contributed by atoms with Crippen LogP contribution in [0.5, 0.6) is 0 Å². The highest BCUT2D eigenvalue weighted by molar-refractivity contribution is 14.1. The van der Waals surface area contributed by atoms with Crippen molar-refractivity contribution in [3.63, 3.8) is 0 Å². The van der Waals surface area contributed by atoms with Gasteiger partial charge >= 0.3 is 0 Å². The van der Waals surface area contributed by atoms with Gasteiger partial charge in [-0.1, -0.05) is 61.6 Å². The first-order valence-corrected chi connectivity index (χ1v) is 32.7. The average molecular weight is 1090 g/mol. The van der Waals surface area contributed by atoms with E-state index in [1.165, 1.54) is 0 Å². The van der Waals surface area contributed by atoms with Crippen molar-refractivity contribution in [3.8, 4) is 0 Å². The van der Waals surface area contributed by atoms with Crippen LogP contribution in [0.25, 0.3) is 0 Å². The van der Waals surface area contributed by atoms with Crippen molar-refractivity contribution in [1.82, 2.24) is 0 Å². The molecule has 8 fully saturated rings. The summed E-state index contributed by atoms with van der Waals surface area (Å²) in [5.74, 6) is -0.565. The van der Waals surface area contributed by atoms with E-state index in [0.717, 1.165) is 68.9 Å². The molecule has 0 saturated carbocycles. The SMILES string of the molecule is C=C1C[C@@H]2CC[C@]34CC[C@H](O3)[C@@H]3O[C@H]5CC[C@H](CC(=O)C[C@H]6[C@H](CC7OC(CCC1O2)C[C@@H](C)C7=C)OC(C[C@@H](CO[Si](C)(C)C(C)(C)C)O[Si](C)(C)C(C)(C)C)[C@@H]6OC)O[C@@H]5[C@H](O4)[C@@H]3OI. The molecular weight excluding hydrogens is 1000 g/mol. The van der Waals surface area contributed by atoms with Crippen LogP contribution in [-0.4, -0.2) is 133 Å². The minimum atomic E-state index is -2.23. The third-order valence-electron chi connectivity index (χ3n) is 18.2. The Morgan fingerprint density at radius 3 is 2.10 bits per heavy atom. The number of hydrogen-bond donors (Lipinski definition) is 0. The van der Waals surface area contributed by atoms with Crippen molar-refractivity contribution < 1.29 is 54.6 Å². The van der Waals surface area contributed by atoms with Crippen LogP contribution in [0.1, 0.15) is 138 Å². The van der Waals surface area contributed by atoms with Gasteiger partial charge in [-0.3, -0.25) is 4.79 Å². The van der Waals surface area contributed by atoms with Crippen molar-refractivity contribution in [3.05, 3.63) is 24.3 Å². The zero-order valence-electron chi connectivity index (χ0n) is 43.1. The molecule has 12 nitrogen and oxygen atoms in total. The third-order valence-corrected chi connectivity index (χ3v) is 27.8. The summed E-state index contributed by atoms with van der Waals surface area (Å²) in [4.78, 5) is 14.7. The molecule has 4 unspecified atom stereocenters. The molecule has 8 saturated heterocycles. The minimum absolute atomic E-state index is 0.00572. The number of ether oxygens (including phenoxy) is 8. The summed E-state index contributed by atoms with van der Waals surface area (Å²) < 4.78 is 75.7. The van der Waals surface area contributed by atoms with E-state index in [2.05, 4.69) is 87.8 Å². The van der Waals surface area contributed by atoms with Gasteiger partial charge < -0.3 is 49.8 Å². The molecule has 8 aliphatic rings. The number of carbonyl (C=O) groups is 1. The molecule has 0 aromatic heterocycles. The van der Waals surface area contributed by atoms with Crippen LogP contribution in [0.2, 0.25) is 36.3 Å². The second-order valence-corrected chi connectivity index (χ2v) is 35.0. The van der Waals surface area contributed by atoms with Gasteiger partial charge in [0.15, 0.2) is 22.4 Å². The first-order chi connectivity index (χ1) is 31.4. The van der Waals surface area contributed by atoms with Gasteiger partial charge in [0.05, 0.1) is 73.8 Å². The van der Waals surface area contributed by atoms with Crippen LogP contribution in [0.15, 0.2) is 24.3 Å². The Balaban J connectivity index is 1.08. The molecule has 1 spiro atoms. The molecule has 0 amide bonds. The molecule has 0 aromatic rings. The molecule has 8 rings (SSSR count). The second kappa shape index (κ2) is 20.6. The molecule has 0 aliphatic carbocycles. The summed E-state index contributed by atoms with van der Waals surface area (Å²) in [6.45, 7) is 34.8. The van der Waals surface area contributed by atoms with E-state index in [0.29, 0.717) is 32.3 Å².